The highest BCUT2D eigenvalue weighted by atomic mass is 79.9. The van der Waals surface area contributed by atoms with E-state index in [1.54, 1.807) is 0 Å². The molecule has 0 aromatic heterocycles. The van der Waals surface area contributed by atoms with E-state index >= 15 is 0 Å². The Morgan fingerprint density at radius 3 is 2.47 bits per heavy atom. The zero-order valence-electron chi connectivity index (χ0n) is 11.6. The molecule has 2 heteroatoms. The molecule has 100 valence electrons. The molecule has 0 N–H and O–H groups in total. The van der Waals surface area contributed by atoms with E-state index < -0.39 is 0 Å². The van der Waals surface area contributed by atoms with Crippen LogP contribution in [0.4, 0.5) is 0 Å². The predicted octanol–water partition coefficient (Wildman–Crippen LogP) is 5.81. The van der Waals surface area contributed by atoms with Crippen molar-refractivity contribution < 1.29 is 4.74 Å². The molecular weight excluding hydrogens is 300 g/mol. The Hall–Kier alpha value is -1.28. The van der Waals surface area contributed by atoms with Gasteiger partial charge in [-0.25, -0.2) is 0 Å². The SMILES string of the molecule is Cc1cc(Oc2ccccc2CBr)ccc1C(C)C. The number of hydrogen-bond donors (Lipinski definition) is 0. The van der Waals surface area contributed by atoms with E-state index in [1.807, 2.05) is 24.3 Å². The first-order valence-corrected chi connectivity index (χ1v) is 7.66. The van der Waals surface area contributed by atoms with Crippen LogP contribution in [0, 0.1) is 6.92 Å². The van der Waals surface area contributed by atoms with Gasteiger partial charge >= 0.3 is 0 Å². The molecule has 0 saturated heterocycles. The maximum absolute atomic E-state index is 5.99. The maximum atomic E-state index is 5.99. The molecule has 1 nitrogen and oxygen atoms in total. The molecule has 0 aliphatic heterocycles. The molecule has 2 rings (SSSR count). The van der Waals surface area contributed by atoms with Gasteiger partial charge < -0.3 is 4.74 Å². The molecule has 0 saturated carbocycles. The molecule has 0 atom stereocenters. The summed E-state index contributed by atoms with van der Waals surface area (Å²) in [6.07, 6.45) is 0. The number of para-hydroxylation sites is 1. The van der Waals surface area contributed by atoms with Crippen LogP contribution in [-0.2, 0) is 5.33 Å². The van der Waals surface area contributed by atoms with E-state index in [-0.39, 0.29) is 0 Å². The van der Waals surface area contributed by atoms with Gasteiger partial charge in [-0.1, -0.05) is 54.0 Å². The quantitative estimate of drug-likeness (QED) is 0.647. The molecule has 0 spiro atoms. The lowest BCUT2D eigenvalue weighted by atomic mass is 9.98. The van der Waals surface area contributed by atoms with Gasteiger partial charge in [0.05, 0.1) is 0 Å². The number of rotatable bonds is 4. The van der Waals surface area contributed by atoms with Crippen LogP contribution in [0.25, 0.3) is 0 Å². The van der Waals surface area contributed by atoms with Gasteiger partial charge in [0.1, 0.15) is 11.5 Å². The summed E-state index contributed by atoms with van der Waals surface area (Å²) in [5.74, 6) is 2.36. The van der Waals surface area contributed by atoms with Gasteiger partial charge in [0.25, 0.3) is 0 Å². The highest BCUT2D eigenvalue weighted by Gasteiger charge is 2.07. The number of halogens is 1. The fourth-order valence-corrected chi connectivity index (χ4v) is 2.66. The van der Waals surface area contributed by atoms with Crippen LogP contribution < -0.4 is 4.74 Å². The number of hydrogen-bond acceptors (Lipinski definition) is 1. The number of aryl methyl sites for hydroxylation is 1. The molecule has 2 aromatic rings. The molecular formula is C17H19BrO. The van der Waals surface area contributed by atoms with Crippen LogP contribution in [-0.4, -0.2) is 0 Å². The zero-order valence-corrected chi connectivity index (χ0v) is 13.2. The Bertz CT molecular complexity index is 561. The monoisotopic (exact) mass is 318 g/mol. The fourth-order valence-electron chi connectivity index (χ4n) is 2.20. The van der Waals surface area contributed by atoms with Crippen molar-refractivity contribution in [3.63, 3.8) is 0 Å². The minimum atomic E-state index is 0.545. The van der Waals surface area contributed by atoms with Gasteiger partial charge in [-0.15, -0.1) is 0 Å². The van der Waals surface area contributed by atoms with Gasteiger partial charge in [0.2, 0.25) is 0 Å². The first-order chi connectivity index (χ1) is 9.11. The van der Waals surface area contributed by atoms with Crippen LogP contribution in [0.3, 0.4) is 0 Å². The molecule has 0 radical (unpaired) electrons. The highest BCUT2D eigenvalue weighted by Crippen LogP contribution is 2.29. The number of ether oxygens (including phenoxy) is 1. The molecule has 0 aliphatic rings. The minimum Gasteiger partial charge on any atom is -0.457 e. The van der Waals surface area contributed by atoms with Gasteiger partial charge in [-0.3, -0.25) is 0 Å². The minimum absolute atomic E-state index is 0.545. The van der Waals surface area contributed by atoms with Crippen LogP contribution in [0.2, 0.25) is 0 Å². The second kappa shape index (κ2) is 6.25. The van der Waals surface area contributed by atoms with Crippen molar-refractivity contribution in [2.24, 2.45) is 0 Å². The number of benzene rings is 2. The van der Waals surface area contributed by atoms with Crippen LogP contribution in [0.1, 0.15) is 36.5 Å². The first-order valence-electron chi connectivity index (χ1n) is 6.54. The predicted molar refractivity (Wildman–Crippen MR) is 84.4 cm³/mol. The molecule has 19 heavy (non-hydrogen) atoms. The summed E-state index contributed by atoms with van der Waals surface area (Å²) in [6.45, 7) is 6.56. The van der Waals surface area contributed by atoms with Crippen molar-refractivity contribution in [2.45, 2.75) is 32.0 Å². The fraction of sp³-hybridized carbons (Fsp3) is 0.294. The summed E-state index contributed by atoms with van der Waals surface area (Å²) in [7, 11) is 0. The van der Waals surface area contributed by atoms with E-state index in [0.29, 0.717) is 5.92 Å². The average molecular weight is 319 g/mol. The Balaban J connectivity index is 2.26. The molecule has 0 aliphatic carbocycles. The van der Waals surface area contributed by atoms with Crippen molar-refractivity contribution in [3.8, 4) is 11.5 Å². The van der Waals surface area contributed by atoms with Crippen molar-refractivity contribution in [1.82, 2.24) is 0 Å². The van der Waals surface area contributed by atoms with Crippen molar-refractivity contribution in [1.29, 1.82) is 0 Å². The van der Waals surface area contributed by atoms with E-state index in [9.17, 15) is 0 Å². The van der Waals surface area contributed by atoms with Crippen LogP contribution >= 0.6 is 15.9 Å². The Labute approximate surface area is 123 Å². The Morgan fingerprint density at radius 1 is 1.11 bits per heavy atom. The standard InChI is InChI=1S/C17H19BrO/c1-12(2)16-9-8-15(10-13(16)3)19-17-7-5-4-6-14(17)11-18/h4-10,12H,11H2,1-3H3. The smallest absolute Gasteiger partial charge is 0.131 e. The topological polar surface area (TPSA) is 9.23 Å². The molecule has 0 heterocycles. The lowest BCUT2D eigenvalue weighted by Gasteiger charge is -2.13. The van der Waals surface area contributed by atoms with Crippen molar-refractivity contribution >= 4 is 15.9 Å². The molecule has 0 unspecified atom stereocenters. The third-order valence-corrected chi connectivity index (χ3v) is 3.81. The normalized spacial score (nSPS) is 10.8. The second-order valence-corrected chi connectivity index (χ2v) is 5.58. The summed E-state index contributed by atoms with van der Waals surface area (Å²) in [5.41, 5.74) is 3.82. The van der Waals surface area contributed by atoms with E-state index in [4.69, 9.17) is 4.74 Å². The molecule has 0 fully saturated rings. The second-order valence-electron chi connectivity index (χ2n) is 5.02. The van der Waals surface area contributed by atoms with Crippen molar-refractivity contribution in [3.05, 3.63) is 59.2 Å². The molecule has 2 aromatic carbocycles. The molecule has 0 bridgehead atoms. The van der Waals surface area contributed by atoms with Crippen LogP contribution in [0.5, 0.6) is 11.5 Å². The Morgan fingerprint density at radius 2 is 1.84 bits per heavy atom. The first kappa shape index (κ1) is 14.1. The van der Waals surface area contributed by atoms with Gasteiger partial charge in [0, 0.05) is 10.9 Å². The zero-order chi connectivity index (χ0) is 13.8. The maximum Gasteiger partial charge on any atom is 0.131 e. The van der Waals surface area contributed by atoms with Gasteiger partial charge in [0.15, 0.2) is 0 Å². The lowest BCUT2D eigenvalue weighted by molar-refractivity contribution is 0.478. The summed E-state index contributed by atoms with van der Waals surface area (Å²) in [5, 5.41) is 0.798. The third-order valence-electron chi connectivity index (χ3n) is 3.21. The van der Waals surface area contributed by atoms with Crippen LogP contribution in [0.15, 0.2) is 42.5 Å². The van der Waals surface area contributed by atoms with E-state index in [1.165, 1.54) is 11.1 Å². The van der Waals surface area contributed by atoms with Gasteiger partial charge in [-0.2, -0.15) is 0 Å². The summed E-state index contributed by atoms with van der Waals surface area (Å²) >= 11 is 3.49. The Kier molecular flexibility index (Phi) is 4.65. The van der Waals surface area contributed by atoms with E-state index in [2.05, 4.69) is 54.9 Å². The largest absolute Gasteiger partial charge is 0.457 e. The summed E-state index contributed by atoms with van der Waals surface area (Å²) in [4.78, 5) is 0. The third kappa shape index (κ3) is 3.38. The molecule has 0 amide bonds. The van der Waals surface area contributed by atoms with E-state index in [0.717, 1.165) is 22.4 Å². The summed E-state index contributed by atoms with van der Waals surface area (Å²) in [6, 6.07) is 14.4. The van der Waals surface area contributed by atoms with Gasteiger partial charge in [-0.05, 0) is 42.2 Å². The van der Waals surface area contributed by atoms with Crippen molar-refractivity contribution in [2.75, 3.05) is 0 Å². The number of alkyl halides is 1. The average Bonchev–Trinajstić information content (AvgIpc) is 2.39. The summed E-state index contributed by atoms with van der Waals surface area (Å²) < 4.78 is 5.99. The lowest BCUT2D eigenvalue weighted by Crippen LogP contribution is -1.94. The highest BCUT2D eigenvalue weighted by molar-refractivity contribution is 9.08.